The van der Waals surface area contributed by atoms with Crippen molar-refractivity contribution in [3.8, 4) is 11.3 Å². The second-order valence-corrected chi connectivity index (χ2v) is 7.77. The summed E-state index contributed by atoms with van der Waals surface area (Å²) in [6.45, 7) is 5.71. The van der Waals surface area contributed by atoms with Crippen molar-refractivity contribution in [1.29, 1.82) is 0 Å². The Balaban J connectivity index is 1.94. The van der Waals surface area contributed by atoms with Crippen LogP contribution in [0.2, 0.25) is 0 Å². The van der Waals surface area contributed by atoms with Gasteiger partial charge in [0.25, 0.3) is 6.33 Å². The second-order valence-electron chi connectivity index (χ2n) is 7.77. The Bertz CT molecular complexity index is 1000. The van der Waals surface area contributed by atoms with Gasteiger partial charge < -0.3 is 0 Å². The van der Waals surface area contributed by atoms with Crippen molar-refractivity contribution in [2.24, 2.45) is 7.05 Å². The van der Waals surface area contributed by atoms with E-state index in [1.807, 2.05) is 40.2 Å². The van der Waals surface area contributed by atoms with E-state index in [0.29, 0.717) is 11.5 Å². The van der Waals surface area contributed by atoms with Crippen molar-refractivity contribution in [2.45, 2.75) is 52.4 Å². The number of hydrogen-bond donors (Lipinski definition) is 0. The van der Waals surface area contributed by atoms with Gasteiger partial charge >= 0.3 is 0 Å². The molecule has 0 atom stereocenters. The second kappa shape index (κ2) is 6.46. The van der Waals surface area contributed by atoms with Gasteiger partial charge in [-0.3, -0.25) is 0 Å². The Morgan fingerprint density at radius 3 is 2.50 bits per heavy atom. The zero-order valence-corrected chi connectivity index (χ0v) is 16.1. The maximum atomic E-state index is 14.3. The average molecular weight is 349 g/mol. The lowest BCUT2D eigenvalue weighted by Gasteiger charge is -2.14. The molecule has 1 aromatic heterocycles. The molecule has 0 radical (unpaired) electrons. The lowest BCUT2D eigenvalue weighted by molar-refractivity contribution is -0.662. The topological polar surface area (TPSA) is 16.8 Å². The van der Waals surface area contributed by atoms with Gasteiger partial charge in [0.05, 0.1) is 12.4 Å². The number of aryl methyl sites for hydroxylation is 2. The van der Waals surface area contributed by atoms with E-state index in [-0.39, 0.29) is 5.82 Å². The first-order chi connectivity index (χ1) is 12.5. The van der Waals surface area contributed by atoms with Gasteiger partial charge in [-0.15, -0.1) is 0 Å². The van der Waals surface area contributed by atoms with Crippen LogP contribution >= 0.6 is 0 Å². The standard InChI is InChI=1S/C23H26FN2/c1-14-11-20(15(2)16(3)22(14)24)23-19-10-9-18(17-7-5-6-8-17)12-21(19)25-13-26(23)4/h9-13,17H,5-8H2,1-4H3/q+1. The van der Waals surface area contributed by atoms with Crippen molar-refractivity contribution in [2.75, 3.05) is 0 Å². The van der Waals surface area contributed by atoms with Crippen molar-refractivity contribution in [1.82, 2.24) is 4.98 Å². The molecule has 1 heterocycles. The monoisotopic (exact) mass is 349 g/mol. The Kier molecular flexibility index (Phi) is 4.26. The molecule has 0 unspecified atom stereocenters. The van der Waals surface area contributed by atoms with Crippen LogP contribution in [0, 0.1) is 26.6 Å². The Morgan fingerprint density at radius 1 is 1.04 bits per heavy atom. The van der Waals surface area contributed by atoms with Crippen molar-refractivity contribution in [3.05, 3.63) is 58.7 Å². The third-order valence-corrected chi connectivity index (χ3v) is 6.08. The van der Waals surface area contributed by atoms with Gasteiger partial charge in [-0.2, -0.15) is 0 Å². The van der Waals surface area contributed by atoms with E-state index in [0.717, 1.165) is 33.3 Å². The molecule has 0 spiro atoms. The molecule has 0 bridgehead atoms. The number of aromatic nitrogens is 2. The average Bonchev–Trinajstić information content (AvgIpc) is 3.18. The summed E-state index contributed by atoms with van der Waals surface area (Å²) in [6, 6.07) is 8.70. The van der Waals surface area contributed by atoms with E-state index in [4.69, 9.17) is 0 Å². The largest absolute Gasteiger partial charge is 0.287 e. The van der Waals surface area contributed by atoms with Gasteiger partial charge in [-0.25, -0.2) is 8.96 Å². The van der Waals surface area contributed by atoms with Crippen LogP contribution in [-0.4, -0.2) is 4.98 Å². The minimum atomic E-state index is -0.101. The molecule has 134 valence electrons. The molecular weight excluding hydrogens is 323 g/mol. The normalized spacial score (nSPS) is 15.1. The van der Waals surface area contributed by atoms with Crippen LogP contribution < -0.4 is 4.57 Å². The highest BCUT2D eigenvalue weighted by Gasteiger charge is 2.22. The van der Waals surface area contributed by atoms with Crippen molar-refractivity contribution in [3.63, 3.8) is 0 Å². The van der Waals surface area contributed by atoms with Crippen LogP contribution in [0.5, 0.6) is 0 Å². The van der Waals surface area contributed by atoms with Gasteiger partial charge in [-0.05, 0) is 85.0 Å². The molecular formula is C23H26FN2+. The third-order valence-electron chi connectivity index (χ3n) is 6.08. The molecule has 0 saturated heterocycles. The first-order valence-corrected chi connectivity index (χ1v) is 9.52. The zero-order valence-electron chi connectivity index (χ0n) is 16.1. The van der Waals surface area contributed by atoms with Gasteiger partial charge in [0, 0.05) is 5.56 Å². The molecule has 1 aliphatic rings. The number of hydrogen-bond acceptors (Lipinski definition) is 1. The van der Waals surface area contributed by atoms with Crippen LogP contribution in [0.15, 0.2) is 30.6 Å². The molecule has 1 saturated carbocycles. The highest BCUT2D eigenvalue weighted by molar-refractivity contribution is 5.92. The predicted molar refractivity (Wildman–Crippen MR) is 104 cm³/mol. The van der Waals surface area contributed by atoms with E-state index in [1.165, 1.54) is 31.2 Å². The number of benzene rings is 2. The van der Waals surface area contributed by atoms with Crippen molar-refractivity contribution < 1.29 is 8.96 Å². The van der Waals surface area contributed by atoms with Crippen LogP contribution in [-0.2, 0) is 7.05 Å². The third kappa shape index (κ3) is 2.70. The first-order valence-electron chi connectivity index (χ1n) is 9.52. The van der Waals surface area contributed by atoms with Crippen LogP contribution in [0.25, 0.3) is 22.2 Å². The lowest BCUT2D eigenvalue weighted by Crippen LogP contribution is -2.32. The summed E-state index contributed by atoms with van der Waals surface area (Å²) < 4.78 is 16.4. The fourth-order valence-electron chi connectivity index (χ4n) is 4.40. The first kappa shape index (κ1) is 17.1. The molecule has 3 aromatic rings. The molecule has 26 heavy (non-hydrogen) atoms. The van der Waals surface area contributed by atoms with Crippen LogP contribution in [0.3, 0.4) is 0 Å². The van der Waals surface area contributed by atoms with Gasteiger partial charge in [0.1, 0.15) is 11.5 Å². The summed E-state index contributed by atoms with van der Waals surface area (Å²) in [5.74, 6) is 0.575. The van der Waals surface area contributed by atoms with Crippen LogP contribution in [0.4, 0.5) is 4.39 Å². The minimum Gasteiger partial charge on any atom is -0.232 e. The van der Waals surface area contributed by atoms with Crippen molar-refractivity contribution >= 4 is 10.9 Å². The Labute approximate surface area is 154 Å². The minimum absolute atomic E-state index is 0.101. The van der Waals surface area contributed by atoms with Gasteiger partial charge in [0.2, 0.25) is 0 Å². The highest BCUT2D eigenvalue weighted by Crippen LogP contribution is 2.36. The fraction of sp³-hybridized carbons (Fsp3) is 0.391. The van der Waals surface area contributed by atoms with E-state index in [2.05, 4.69) is 27.8 Å². The lowest BCUT2D eigenvalue weighted by atomic mass is 9.93. The molecule has 0 amide bonds. The SMILES string of the molecule is Cc1cc(-c2c3ccc(C4CCCC4)cc3nc[n+]2C)c(C)c(C)c1F. The smallest absolute Gasteiger partial charge is 0.232 e. The molecule has 2 aromatic carbocycles. The van der Waals surface area contributed by atoms with Crippen LogP contribution in [0.1, 0.15) is 53.9 Å². The van der Waals surface area contributed by atoms with E-state index in [9.17, 15) is 4.39 Å². The molecule has 0 aliphatic heterocycles. The van der Waals surface area contributed by atoms with E-state index in [1.54, 1.807) is 0 Å². The predicted octanol–water partition coefficient (Wildman–Crippen LogP) is 5.45. The maximum absolute atomic E-state index is 14.3. The van der Waals surface area contributed by atoms with Gasteiger partial charge in [0.15, 0.2) is 5.52 Å². The molecule has 0 N–H and O–H groups in total. The number of fused-ring (bicyclic) bond motifs is 1. The molecule has 2 nitrogen and oxygen atoms in total. The summed E-state index contributed by atoms with van der Waals surface area (Å²) in [5.41, 5.74) is 7.05. The number of nitrogens with zero attached hydrogens (tertiary/aromatic N) is 2. The van der Waals surface area contributed by atoms with E-state index < -0.39 is 0 Å². The molecule has 4 rings (SSSR count). The molecule has 1 aliphatic carbocycles. The molecule has 1 fully saturated rings. The van der Waals surface area contributed by atoms with Gasteiger partial charge in [-0.1, -0.05) is 18.9 Å². The quantitative estimate of drug-likeness (QED) is 0.562. The summed E-state index contributed by atoms with van der Waals surface area (Å²) in [7, 11) is 2.01. The highest BCUT2D eigenvalue weighted by atomic mass is 19.1. The maximum Gasteiger partial charge on any atom is 0.287 e. The summed E-state index contributed by atoms with van der Waals surface area (Å²) in [5, 5.41) is 1.13. The Hall–Kier alpha value is -2.29. The summed E-state index contributed by atoms with van der Waals surface area (Å²) >= 11 is 0. The summed E-state index contributed by atoms with van der Waals surface area (Å²) in [6.07, 6.45) is 7.11. The van der Waals surface area contributed by atoms with E-state index >= 15 is 0 Å². The zero-order chi connectivity index (χ0) is 18.4. The Morgan fingerprint density at radius 2 is 1.77 bits per heavy atom. The number of rotatable bonds is 2. The number of halogens is 1. The molecule has 3 heteroatoms. The fourth-order valence-corrected chi connectivity index (χ4v) is 4.40. The summed E-state index contributed by atoms with van der Waals surface area (Å²) in [4.78, 5) is 4.68.